The first kappa shape index (κ1) is 15.0. The summed E-state index contributed by atoms with van der Waals surface area (Å²) in [6, 6.07) is 8.39. The van der Waals surface area contributed by atoms with Gasteiger partial charge in [0.1, 0.15) is 0 Å². The molecule has 20 heavy (non-hydrogen) atoms. The number of ether oxygens (including phenoxy) is 1. The highest BCUT2D eigenvalue weighted by atomic mass is 16.5. The summed E-state index contributed by atoms with van der Waals surface area (Å²) in [6.07, 6.45) is 0.514. The minimum absolute atomic E-state index is 0.155. The zero-order valence-corrected chi connectivity index (χ0v) is 12.4. The van der Waals surface area contributed by atoms with Gasteiger partial charge >= 0.3 is 0 Å². The predicted octanol–water partition coefficient (Wildman–Crippen LogP) is 1.72. The topological polar surface area (TPSA) is 41.6 Å². The van der Waals surface area contributed by atoms with E-state index >= 15 is 0 Å². The molecule has 1 aliphatic heterocycles. The van der Waals surface area contributed by atoms with E-state index in [1.54, 1.807) is 0 Å². The summed E-state index contributed by atoms with van der Waals surface area (Å²) in [5.41, 5.74) is 2.45. The molecule has 1 fully saturated rings. The van der Waals surface area contributed by atoms with E-state index in [2.05, 4.69) is 24.4 Å². The molecule has 2 rings (SSSR count). The fourth-order valence-electron chi connectivity index (χ4n) is 2.46. The Labute approximate surface area is 121 Å². The van der Waals surface area contributed by atoms with Gasteiger partial charge in [0.05, 0.1) is 13.2 Å². The van der Waals surface area contributed by atoms with Crippen molar-refractivity contribution < 1.29 is 9.53 Å². The largest absolute Gasteiger partial charge is 0.378 e. The van der Waals surface area contributed by atoms with Gasteiger partial charge in [0.2, 0.25) is 5.91 Å². The van der Waals surface area contributed by atoms with Crippen LogP contribution in [0.2, 0.25) is 0 Å². The Morgan fingerprint density at radius 2 is 2.25 bits per heavy atom. The molecule has 1 aromatic rings. The molecule has 110 valence electrons. The smallest absolute Gasteiger partial charge is 0.224 e. The fourth-order valence-corrected chi connectivity index (χ4v) is 2.46. The fraction of sp³-hybridized carbons (Fsp3) is 0.562. The molecule has 0 radical (unpaired) electrons. The first-order valence-corrected chi connectivity index (χ1v) is 7.34. The predicted molar refractivity (Wildman–Crippen MR) is 79.5 cm³/mol. The van der Waals surface area contributed by atoms with Crippen LogP contribution < -0.4 is 5.32 Å². The van der Waals surface area contributed by atoms with Crippen LogP contribution in [0, 0.1) is 6.92 Å². The van der Waals surface area contributed by atoms with Crippen molar-refractivity contribution in [3.05, 3.63) is 35.4 Å². The number of rotatable bonds is 5. The molecule has 1 aliphatic rings. The summed E-state index contributed by atoms with van der Waals surface area (Å²) >= 11 is 0. The zero-order valence-electron chi connectivity index (χ0n) is 12.4. The van der Waals surface area contributed by atoms with Gasteiger partial charge in [0, 0.05) is 32.1 Å². The lowest BCUT2D eigenvalue weighted by Gasteiger charge is -2.27. The highest BCUT2D eigenvalue weighted by molar-refractivity contribution is 5.76. The number of carbonyl (C=O) groups excluding carboxylic acids is 1. The number of hydrogen-bond acceptors (Lipinski definition) is 3. The van der Waals surface area contributed by atoms with E-state index < -0.39 is 0 Å². The third kappa shape index (κ3) is 4.05. The second kappa shape index (κ2) is 7.41. The van der Waals surface area contributed by atoms with Gasteiger partial charge in [-0.3, -0.25) is 4.79 Å². The number of carbonyl (C=O) groups is 1. The average Bonchev–Trinajstić information content (AvgIpc) is 2.47. The lowest BCUT2D eigenvalue weighted by atomic mass is 10.1. The Morgan fingerprint density at radius 3 is 2.90 bits per heavy atom. The molecule has 0 aliphatic carbocycles. The zero-order chi connectivity index (χ0) is 14.4. The van der Waals surface area contributed by atoms with Crippen LogP contribution in [-0.2, 0) is 16.1 Å². The lowest BCUT2D eigenvalue weighted by molar-refractivity contribution is -0.132. The van der Waals surface area contributed by atoms with E-state index in [1.807, 2.05) is 24.0 Å². The monoisotopic (exact) mass is 276 g/mol. The van der Waals surface area contributed by atoms with Crippen LogP contribution in [0.5, 0.6) is 0 Å². The summed E-state index contributed by atoms with van der Waals surface area (Å²) in [7, 11) is 0. The maximum Gasteiger partial charge on any atom is 0.224 e. The highest BCUT2D eigenvalue weighted by Gasteiger charge is 2.20. The van der Waals surface area contributed by atoms with E-state index in [0.29, 0.717) is 19.6 Å². The molecule has 1 saturated heterocycles. The number of amides is 1. The number of benzene rings is 1. The van der Waals surface area contributed by atoms with Crippen LogP contribution in [0.4, 0.5) is 0 Å². The van der Waals surface area contributed by atoms with E-state index in [1.165, 1.54) is 11.1 Å². The van der Waals surface area contributed by atoms with Crippen molar-refractivity contribution in [3.63, 3.8) is 0 Å². The Morgan fingerprint density at radius 1 is 1.45 bits per heavy atom. The van der Waals surface area contributed by atoms with Crippen LogP contribution >= 0.6 is 0 Å². The first-order valence-electron chi connectivity index (χ1n) is 7.34. The number of morpholine rings is 1. The summed E-state index contributed by atoms with van der Waals surface area (Å²) in [5, 5.41) is 3.33. The van der Waals surface area contributed by atoms with E-state index in [0.717, 1.165) is 19.7 Å². The van der Waals surface area contributed by atoms with Crippen molar-refractivity contribution >= 4 is 5.91 Å². The highest BCUT2D eigenvalue weighted by Crippen LogP contribution is 2.12. The standard InChI is InChI=1S/C16H24N2O2/c1-3-18(11-14-7-5-4-6-13(14)2)16(19)10-15-12-20-9-8-17-15/h4-7,15,17H,3,8-12H2,1-2H3. The Bertz CT molecular complexity index is 442. The van der Waals surface area contributed by atoms with Crippen molar-refractivity contribution in [3.8, 4) is 0 Å². The molecule has 4 nitrogen and oxygen atoms in total. The van der Waals surface area contributed by atoms with E-state index in [4.69, 9.17) is 4.74 Å². The van der Waals surface area contributed by atoms with Crippen LogP contribution in [0.25, 0.3) is 0 Å². The van der Waals surface area contributed by atoms with E-state index in [-0.39, 0.29) is 11.9 Å². The maximum atomic E-state index is 12.4. The van der Waals surface area contributed by atoms with Crippen LogP contribution in [0.15, 0.2) is 24.3 Å². The number of aryl methyl sites for hydroxylation is 1. The van der Waals surface area contributed by atoms with Gasteiger partial charge in [-0.25, -0.2) is 0 Å². The third-order valence-electron chi connectivity index (χ3n) is 3.78. The Kier molecular flexibility index (Phi) is 5.56. The van der Waals surface area contributed by atoms with Crippen LogP contribution in [0.1, 0.15) is 24.5 Å². The molecule has 1 unspecified atom stereocenters. The lowest BCUT2D eigenvalue weighted by Crippen LogP contribution is -2.45. The molecule has 0 spiro atoms. The summed E-state index contributed by atoms with van der Waals surface area (Å²) in [5.74, 6) is 0.193. The van der Waals surface area contributed by atoms with Gasteiger partial charge in [-0.05, 0) is 25.0 Å². The molecule has 1 heterocycles. The van der Waals surface area contributed by atoms with Crippen molar-refractivity contribution in [2.24, 2.45) is 0 Å². The van der Waals surface area contributed by atoms with Crippen LogP contribution in [0.3, 0.4) is 0 Å². The molecule has 1 amide bonds. The van der Waals surface area contributed by atoms with Gasteiger partial charge in [-0.15, -0.1) is 0 Å². The van der Waals surface area contributed by atoms with Crippen molar-refractivity contribution in [1.29, 1.82) is 0 Å². The number of nitrogens with one attached hydrogen (secondary N) is 1. The van der Waals surface area contributed by atoms with Crippen molar-refractivity contribution in [2.75, 3.05) is 26.3 Å². The molecule has 1 N–H and O–H groups in total. The minimum atomic E-state index is 0.155. The number of hydrogen-bond donors (Lipinski definition) is 1. The molecule has 0 aromatic heterocycles. The van der Waals surface area contributed by atoms with Gasteiger partial charge in [-0.1, -0.05) is 24.3 Å². The van der Waals surface area contributed by atoms with Gasteiger partial charge in [0.15, 0.2) is 0 Å². The number of nitrogens with zero attached hydrogens (tertiary/aromatic N) is 1. The molecule has 4 heteroatoms. The summed E-state index contributed by atoms with van der Waals surface area (Å²) in [6.45, 7) is 7.75. The van der Waals surface area contributed by atoms with Gasteiger partial charge in [-0.2, -0.15) is 0 Å². The van der Waals surface area contributed by atoms with Crippen LogP contribution in [-0.4, -0.2) is 43.2 Å². The minimum Gasteiger partial charge on any atom is -0.378 e. The summed E-state index contributed by atoms with van der Waals surface area (Å²) in [4.78, 5) is 14.3. The van der Waals surface area contributed by atoms with Crippen molar-refractivity contribution in [1.82, 2.24) is 10.2 Å². The molecule has 1 aromatic carbocycles. The average molecular weight is 276 g/mol. The summed E-state index contributed by atoms with van der Waals surface area (Å²) < 4.78 is 5.40. The second-order valence-corrected chi connectivity index (χ2v) is 5.26. The quantitative estimate of drug-likeness (QED) is 0.890. The third-order valence-corrected chi connectivity index (χ3v) is 3.78. The van der Waals surface area contributed by atoms with Gasteiger partial charge < -0.3 is 15.0 Å². The van der Waals surface area contributed by atoms with E-state index in [9.17, 15) is 4.79 Å². The molecule has 0 bridgehead atoms. The molecule has 1 atom stereocenters. The Balaban J connectivity index is 1.93. The second-order valence-electron chi connectivity index (χ2n) is 5.26. The SMILES string of the molecule is CCN(Cc1ccccc1C)C(=O)CC1COCCN1. The van der Waals surface area contributed by atoms with Crippen molar-refractivity contribution in [2.45, 2.75) is 32.9 Å². The maximum absolute atomic E-state index is 12.4. The van der Waals surface area contributed by atoms with Gasteiger partial charge in [0.25, 0.3) is 0 Å². The molecule has 0 saturated carbocycles. The molecular weight excluding hydrogens is 252 g/mol. The molecular formula is C16H24N2O2. The Hall–Kier alpha value is -1.39. The normalized spacial score (nSPS) is 18.8. The first-order chi connectivity index (χ1) is 9.70.